The summed E-state index contributed by atoms with van der Waals surface area (Å²) in [5, 5.41) is 4.72. The molecule has 0 saturated carbocycles. The van der Waals surface area contributed by atoms with Gasteiger partial charge in [-0.25, -0.2) is 10.4 Å². The standard InChI is InChI=1S/C12H11N3O2S/c1-18-12-13-9-3-2-7(6-10(9)17-12)8-4-5-11(16)15-14-8/h2-3,6H,4-5H2,1H3,(H,15,16). The smallest absolute Gasteiger partial charge is 0.256 e. The maximum absolute atomic E-state index is 11.0. The molecule has 0 aliphatic carbocycles. The molecule has 0 saturated heterocycles. The van der Waals surface area contributed by atoms with Gasteiger partial charge in [-0.3, -0.25) is 4.79 Å². The molecule has 3 rings (SSSR count). The van der Waals surface area contributed by atoms with Crippen molar-refractivity contribution < 1.29 is 9.21 Å². The van der Waals surface area contributed by atoms with Crippen molar-refractivity contribution in [1.29, 1.82) is 0 Å². The van der Waals surface area contributed by atoms with Crippen LogP contribution in [0, 0.1) is 0 Å². The first-order valence-electron chi connectivity index (χ1n) is 5.56. The third-order valence-electron chi connectivity index (χ3n) is 2.78. The molecule has 0 atom stereocenters. The number of nitrogens with zero attached hydrogens (tertiary/aromatic N) is 2. The first-order chi connectivity index (χ1) is 8.76. The maximum Gasteiger partial charge on any atom is 0.256 e. The number of nitrogens with one attached hydrogen (secondary N) is 1. The summed E-state index contributed by atoms with van der Waals surface area (Å²) >= 11 is 1.47. The van der Waals surface area contributed by atoms with Crippen LogP contribution in [0.2, 0.25) is 0 Å². The number of carbonyl (C=O) groups excluding carboxylic acids is 1. The lowest BCUT2D eigenvalue weighted by molar-refractivity contribution is -0.121. The highest BCUT2D eigenvalue weighted by Gasteiger charge is 2.14. The van der Waals surface area contributed by atoms with E-state index < -0.39 is 0 Å². The van der Waals surface area contributed by atoms with Crippen LogP contribution in [0.25, 0.3) is 11.1 Å². The summed E-state index contributed by atoms with van der Waals surface area (Å²) < 4.78 is 5.58. The van der Waals surface area contributed by atoms with Crippen LogP contribution >= 0.6 is 11.8 Å². The monoisotopic (exact) mass is 261 g/mol. The number of thioether (sulfide) groups is 1. The molecule has 1 aromatic heterocycles. The van der Waals surface area contributed by atoms with Gasteiger partial charge in [0.2, 0.25) is 5.91 Å². The van der Waals surface area contributed by atoms with E-state index in [4.69, 9.17) is 4.42 Å². The normalized spacial score (nSPS) is 15.6. The molecular formula is C12H11N3O2S. The van der Waals surface area contributed by atoms with E-state index in [-0.39, 0.29) is 5.91 Å². The number of carbonyl (C=O) groups is 1. The number of benzene rings is 1. The van der Waals surface area contributed by atoms with E-state index >= 15 is 0 Å². The number of aromatic nitrogens is 1. The van der Waals surface area contributed by atoms with Crippen molar-refractivity contribution in [3.8, 4) is 0 Å². The fourth-order valence-corrected chi connectivity index (χ4v) is 2.22. The first-order valence-corrected chi connectivity index (χ1v) is 6.79. The Labute approximate surface area is 108 Å². The average molecular weight is 261 g/mol. The van der Waals surface area contributed by atoms with Crippen molar-refractivity contribution in [2.24, 2.45) is 5.10 Å². The first kappa shape index (κ1) is 11.3. The lowest BCUT2D eigenvalue weighted by atomic mass is 10.0. The molecule has 0 spiro atoms. The van der Waals surface area contributed by atoms with E-state index in [2.05, 4.69) is 15.5 Å². The fourth-order valence-electron chi connectivity index (χ4n) is 1.85. The lowest BCUT2D eigenvalue weighted by Gasteiger charge is -2.11. The number of hydrazone groups is 1. The fraction of sp³-hybridized carbons (Fsp3) is 0.250. The van der Waals surface area contributed by atoms with Gasteiger partial charge < -0.3 is 4.42 Å². The summed E-state index contributed by atoms with van der Waals surface area (Å²) in [5.41, 5.74) is 5.91. The SMILES string of the molecule is CSc1nc2ccc(C3=NNC(=O)CC3)cc2o1. The van der Waals surface area contributed by atoms with Crippen LogP contribution in [-0.4, -0.2) is 22.9 Å². The summed E-state index contributed by atoms with van der Waals surface area (Å²) in [6.07, 6.45) is 3.05. The number of hydrogen-bond donors (Lipinski definition) is 1. The molecule has 1 N–H and O–H groups in total. The zero-order valence-corrected chi connectivity index (χ0v) is 10.6. The van der Waals surface area contributed by atoms with Crippen LogP contribution < -0.4 is 5.43 Å². The van der Waals surface area contributed by atoms with Gasteiger partial charge in [0.1, 0.15) is 5.52 Å². The van der Waals surface area contributed by atoms with E-state index in [1.165, 1.54) is 11.8 Å². The molecular weight excluding hydrogens is 250 g/mol. The minimum atomic E-state index is -0.0378. The number of hydrogen-bond acceptors (Lipinski definition) is 5. The molecule has 0 fully saturated rings. The number of amides is 1. The van der Waals surface area contributed by atoms with Crippen molar-refractivity contribution >= 4 is 34.5 Å². The second-order valence-corrected chi connectivity index (χ2v) is 4.72. The Morgan fingerprint density at radius 1 is 1.39 bits per heavy atom. The highest BCUT2D eigenvalue weighted by molar-refractivity contribution is 7.98. The van der Waals surface area contributed by atoms with Crippen molar-refractivity contribution in [1.82, 2.24) is 10.4 Å². The van der Waals surface area contributed by atoms with E-state index in [0.29, 0.717) is 18.1 Å². The van der Waals surface area contributed by atoms with E-state index in [1.807, 2.05) is 24.5 Å². The average Bonchev–Trinajstić information content (AvgIpc) is 2.81. The molecule has 5 nitrogen and oxygen atoms in total. The minimum Gasteiger partial charge on any atom is -0.431 e. The van der Waals surface area contributed by atoms with Gasteiger partial charge in [0.15, 0.2) is 5.58 Å². The Balaban J connectivity index is 2.00. The Morgan fingerprint density at radius 3 is 3.00 bits per heavy atom. The molecule has 0 bridgehead atoms. The molecule has 2 aromatic rings. The van der Waals surface area contributed by atoms with Gasteiger partial charge in [0, 0.05) is 18.4 Å². The second kappa shape index (κ2) is 4.45. The highest BCUT2D eigenvalue weighted by atomic mass is 32.2. The summed E-state index contributed by atoms with van der Waals surface area (Å²) in [7, 11) is 0. The predicted molar refractivity (Wildman–Crippen MR) is 69.7 cm³/mol. The minimum absolute atomic E-state index is 0.0378. The largest absolute Gasteiger partial charge is 0.431 e. The summed E-state index contributed by atoms with van der Waals surface area (Å²) in [5.74, 6) is -0.0378. The van der Waals surface area contributed by atoms with Crippen LogP contribution in [-0.2, 0) is 4.79 Å². The second-order valence-electron chi connectivity index (χ2n) is 3.96. The Kier molecular flexibility index (Phi) is 2.79. The summed E-state index contributed by atoms with van der Waals surface area (Å²) in [4.78, 5) is 15.4. The topological polar surface area (TPSA) is 67.5 Å². The Hall–Kier alpha value is -1.82. The molecule has 1 amide bonds. The van der Waals surface area contributed by atoms with Crippen molar-refractivity contribution in [3.63, 3.8) is 0 Å². The van der Waals surface area contributed by atoms with Gasteiger partial charge in [-0.05, 0) is 18.4 Å². The molecule has 1 aliphatic heterocycles. The van der Waals surface area contributed by atoms with Gasteiger partial charge in [-0.15, -0.1) is 0 Å². The molecule has 0 unspecified atom stereocenters. The third kappa shape index (κ3) is 1.99. The molecule has 6 heteroatoms. The summed E-state index contributed by atoms with van der Waals surface area (Å²) in [6.45, 7) is 0. The quantitative estimate of drug-likeness (QED) is 0.841. The third-order valence-corrected chi connectivity index (χ3v) is 3.30. The van der Waals surface area contributed by atoms with Gasteiger partial charge in [0.05, 0.1) is 5.71 Å². The summed E-state index contributed by atoms with van der Waals surface area (Å²) in [6, 6.07) is 5.77. The van der Waals surface area contributed by atoms with Crippen molar-refractivity contribution in [2.45, 2.75) is 18.1 Å². The van der Waals surface area contributed by atoms with Crippen LogP contribution in [0.5, 0.6) is 0 Å². The van der Waals surface area contributed by atoms with E-state index in [9.17, 15) is 4.79 Å². The van der Waals surface area contributed by atoms with Gasteiger partial charge in [0.25, 0.3) is 5.22 Å². The van der Waals surface area contributed by atoms with E-state index in [0.717, 1.165) is 22.4 Å². The number of fused-ring (bicyclic) bond motifs is 1. The van der Waals surface area contributed by atoms with Crippen molar-refractivity contribution in [2.75, 3.05) is 6.26 Å². The zero-order chi connectivity index (χ0) is 12.5. The molecule has 92 valence electrons. The Morgan fingerprint density at radius 2 is 2.28 bits per heavy atom. The molecule has 2 heterocycles. The zero-order valence-electron chi connectivity index (χ0n) is 9.77. The molecule has 1 aromatic carbocycles. The van der Waals surface area contributed by atoms with Crippen LogP contribution in [0.4, 0.5) is 0 Å². The lowest BCUT2D eigenvalue weighted by Crippen LogP contribution is -2.25. The predicted octanol–water partition coefficient (Wildman–Crippen LogP) is 2.16. The molecule has 1 aliphatic rings. The number of oxazole rings is 1. The van der Waals surface area contributed by atoms with Crippen LogP contribution in [0.15, 0.2) is 32.9 Å². The van der Waals surface area contributed by atoms with Gasteiger partial charge >= 0.3 is 0 Å². The van der Waals surface area contributed by atoms with Crippen LogP contribution in [0.1, 0.15) is 18.4 Å². The molecule has 18 heavy (non-hydrogen) atoms. The maximum atomic E-state index is 11.0. The van der Waals surface area contributed by atoms with Gasteiger partial charge in [-0.2, -0.15) is 5.10 Å². The van der Waals surface area contributed by atoms with E-state index in [1.54, 1.807) is 0 Å². The number of rotatable bonds is 2. The van der Waals surface area contributed by atoms with Crippen molar-refractivity contribution in [3.05, 3.63) is 23.8 Å². The highest BCUT2D eigenvalue weighted by Crippen LogP contribution is 2.23. The molecule has 0 radical (unpaired) electrons. The van der Waals surface area contributed by atoms with Gasteiger partial charge in [-0.1, -0.05) is 17.8 Å². The Bertz CT molecular complexity index is 648. The van der Waals surface area contributed by atoms with Crippen LogP contribution in [0.3, 0.4) is 0 Å².